The van der Waals surface area contributed by atoms with Crippen molar-refractivity contribution in [3.8, 4) is 17.2 Å². The molecule has 0 aliphatic carbocycles. The monoisotopic (exact) mass is 317 g/mol. The smallest absolute Gasteiger partial charge is 0.161 e. The van der Waals surface area contributed by atoms with Crippen LogP contribution in [-0.2, 0) is 6.54 Å². The SMILES string of the molecule is COc1ccc(CNCCO)cc1OCCOc1ccccc1. The molecule has 0 bridgehead atoms. The van der Waals surface area contributed by atoms with E-state index in [1.165, 1.54) is 0 Å². The fraction of sp³-hybridized carbons (Fsp3) is 0.333. The molecule has 23 heavy (non-hydrogen) atoms. The summed E-state index contributed by atoms with van der Waals surface area (Å²) in [6.07, 6.45) is 0. The highest BCUT2D eigenvalue weighted by atomic mass is 16.5. The van der Waals surface area contributed by atoms with E-state index in [4.69, 9.17) is 19.3 Å². The molecule has 0 saturated carbocycles. The second kappa shape index (κ2) is 9.71. The second-order valence-electron chi connectivity index (χ2n) is 4.90. The molecule has 0 aliphatic rings. The molecule has 0 unspecified atom stereocenters. The van der Waals surface area contributed by atoms with Crippen LogP contribution >= 0.6 is 0 Å². The van der Waals surface area contributed by atoms with Crippen LogP contribution in [0.2, 0.25) is 0 Å². The third-order valence-electron chi connectivity index (χ3n) is 3.20. The summed E-state index contributed by atoms with van der Waals surface area (Å²) in [5.41, 5.74) is 1.07. The molecule has 0 heterocycles. The van der Waals surface area contributed by atoms with Gasteiger partial charge in [0.2, 0.25) is 0 Å². The van der Waals surface area contributed by atoms with Gasteiger partial charge in [0.05, 0.1) is 13.7 Å². The van der Waals surface area contributed by atoms with E-state index < -0.39 is 0 Å². The van der Waals surface area contributed by atoms with Gasteiger partial charge in [0.25, 0.3) is 0 Å². The van der Waals surface area contributed by atoms with Gasteiger partial charge in [-0.15, -0.1) is 0 Å². The fourth-order valence-corrected chi connectivity index (χ4v) is 2.08. The summed E-state index contributed by atoms with van der Waals surface area (Å²) in [4.78, 5) is 0. The molecule has 0 atom stereocenters. The van der Waals surface area contributed by atoms with Crippen LogP contribution in [0, 0.1) is 0 Å². The Bertz CT molecular complexity index is 574. The summed E-state index contributed by atoms with van der Waals surface area (Å²) in [5.74, 6) is 2.20. The first kappa shape index (κ1) is 17.1. The number of methoxy groups -OCH3 is 1. The number of ether oxygens (including phenoxy) is 3. The number of rotatable bonds is 10. The van der Waals surface area contributed by atoms with Crippen LogP contribution in [0.1, 0.15) is 5.56 Å². The Balaban J connectivity index is 1.85. The van der Waals surface area contributed by atoms with Crippen LogP contribution in [0.25, 0.3) is 0 Å². The lowest BCUT2D eigenvalue weighted by atomic mass is 10.2. The maximum absolute atomic E-state index is 8.80. The first-order valence-corrected chi connectivity index (χ1v) is 7.62. The zero-order valence-electron chi connectivity index (χ0n) is 13.3. The second-order valence-corrected chi connectivity index (χ2v) is 4.90. The van der Waals surface area contributed by atoms with Crippen LogP contribution < -0.4 is 19.5 Å². The Labute approximate surface area is 136 Å². The van der Waals surface area contributed by atoms with Gasteiger partial charge in [-0.25, -0.2) is 0 Å². The highest BCUT2D eigenvalue weighted by molar-refractivity contribution is 5.43. The minimum absolute atomic E-state index is 0.121. The van der Waals surface area contributed by atoms with Gasteiger partial charge in [-0.2, -0.15) is 0 Å². The highest BCUT2D eigenvalue weighted by Crippen LogP contribution is 2.28. The zero-order valence-corrected chi connectivity index (χ0v) is 13.3. The van der Waals surface area contributed by atoms with Crippen LogP contribution in [0.4, 0.5) is 0 Å². The summed E-state index contributed by atoms with van der Waals surface area (Å²) in [6, 6.07) is 15.4. The number of hydrogen-bond acceptors (Lipinski definition) is 5. The number of para-hydroxylation sites is 1. The molecule has 0 amide bonds. The van der Waals surface area contributed by atoms with E-state index in [2.05, 4.69) is 5.32 Å². The number of aliphatic hydroxyl groups excluding tert-OH is 1. The van der Waals surface area contributed by atoms with E-state index in [0.29, 0.717) is 37.8 Å². The molecule has 5 heteroatoms. The third kappa shape index (κ3) is 5.81. The Kier molecular flexibility index (Phi) is 7.23. The van der Waals surface area contributed by atoms with Gasteiger partial charge in [-0.05, 0) is 29.8 Å². The average Bonchev–Trinajstić information content (AvgIpc) is 2.60. The number of hydrogen-bond donors (Lipinski definition) is 2. The third-order valence-corrected chi connectivity index (χ3v) is 3.20. The van der Waals surface area contributed by atoms with E-state index in [9.17, 15) is 0 Å². The molecule has 2 aromatic rings. The molecule has 2 rings (SSSR count). The summed E-state index contributed by atoms with van der Waals surface area (Å²) < 4.78 is 16.7. The van der Waals surface area contributed by atoms with Crippen molar-refractivity contribution < 1.29 is 19.3 Å². The molecule has 0 fully saturated rings. The standard InChI is InChI=1S/C18H23NO4/c1-21-17-8-7-15(14-19-9-10-20)13-18(17)23-12-11-22-16-5-3-2-4-6-16/h2-8,13,19-20H,9-12,14H2,1H3. The van der Waals surface area contributed by atoms with Gasteiger partial charge >= 0.3 is 0 Å². The predicted octanol–water partition coefficient (Wildman–Crippen LogP) is 2.23. The number of nitrogens with one attached hydrogen (secondary N) is 1. The minimum atomic E-state index is 0.121. The van der Waals surface area contributed by atoms with E-state index in [1.54, 1.807) is 7.11 Å². The molecule has 0 spiro atoms. The maximum Gasteiger partial charge on any atom is 0.161 e. The van der Waals surface area contributed by atoms with E-state index in [1.807, 2.05) is 48.5 Å². The molecular weight excluding hydrogens is 294 g/mol. The lowest BCUT2D eigenvalue weighted by Gasteiger charge is -2.13. The first-order chi connectivity index (χ1) is 11.3. The van der Waals surface area contributed by atoms with E-state index in [-0.39, 0.29) is 6.61 Å². The zero-order chi connectivity index (χ0) is 16.3. The molecule has 0 aromatic heterocycles. The Morgan fingerprint density at radius 2 is 1.74 bits per heavy atom. The maximum atomic E-state index is 8.80. The van der Waals surface area contributed by atoms with Crippen molar-refractivity contribution in [1.82, 2.24) is 5.32 Å². The van der Waals surface area contributed by atoms with Crippen LogP contribution in [0.5, 0.6) is 17.2 Å². The lowest BCUT2D eigenvalue weighted by molar-refractivity contribution is 0.211. The molecular formula is C18H23NO4. The van der Waals surface area contributed by atoms with Gasteiger partial charge in [-0.3, -0.25) is 0 Å². The fourth-order valence-electron chi connectivity index (χ4n) is 2.08. The summed E-state index contributed by atoms with van der Waals surface area (Å²) in [6.45, 7) is 2.24. The predicted molar refractivity (Wildman–Crippen MR) is 89.2 cm³/mol. The largest absolute Gasteiger partial charge is 0.493 e. The van der Waals surface area contributed by atoms with Crippen molar-refractivity contribution in [2.75, 3.05) is 33.5 Å². The van der Waals surface area contributed by atoms with Crippen molar-refractivity contribution in [3.63, 3.8) is 0 Å². The van der Waals surface area contributed by atoms with Crippen molar-refractivity contribution in [2.24, 2.45) is 0 Å². The quantitative estimate of drug-likeness (QED) is 0.658. The van der Waals surface area contributed by atoms with E-state index >= 15 is 0 Å². The lowest BCUT2D eigenvalue weighted by Crippen LogP contribution is -2.17. The summed E-state index contributed by atoms with van der Waals surface area (Å²) in [7, 11) is 1.62. The Morgan fingerprint density at radius 3 is 2.48 bits per heavy atom. The van der Waals surface area contributed by atoms with Crippen molar-refractivity contribution >= 4 is 0 Å². The Hall–Kier alpha value is -2.24. The summed E-state index contributed by atoms with van der Waals surface area (Å²) >= 11 is 0. The van der Waals surface area contributed by atoms with E-state index in [0.717, 1.165) is 11.3 Å². The molecule has 0 radical (unpaired) electrons. The van der Waals surface area contributed by atoms with Gasteiger partial charge in [0.15, 0.2) is 11.5 Å². The summed E-state index contributed by atoms with van der Waals surface area (Å²) in [5, 5.41) is 11.9. The van der Waals surface area contributed by atoms with Crippen LogP contribution in [0.15, 0.2) is 48.5 Å². The van der Waals surface area contributed by atoms with Gasteiger partial charge in [0.1, 0.15) is 19.0 Å². The van der Waals surface area contributed by atoms with Crippen molar-refractivity contribution in [3.05, 3.63) is 54.1 Å². The van der Waals surface area contributed by atoms with Crippen molar-refractivity contribution in [2.45, 2.75) is 6.54 Å². The molecule has 0 saturated heterocycles. The van der Waals surface area contributed by atoms with Crippen molar-refractivity contribution in [1.29, 1.82) is 0 Å². The number of aliphatic hydroxyl groups is 1. The van der Waals surface area contributed by atoms with Crippen LogP contribution in [-0.4, -0.2) is 38.6 Å². The Morgan fingerprint density at radius 1 is 0.957 bits per heavy atom. The first-order valence-electron chi connectivity index (χ1n) is 7.62. The molecule has 5 nitrogen and oxygen atoms in total. The van der Waals surface area contributed by atoms with Gasteiger partial charge in [0, 0.05) is 13.1 Å². The highest BCUT2D eigenvalue weighted by Gasteiger charge is 2.06. The minimum Gasteiger partial charge on any atom is -0.493 e. The molecule has 2 aromatic carbocycles. The van der Waals surface area contributed by atoms with Crippen LogP contribution in [0.3, 0.4) is 0 Å². The molecule has 124 valence electrons. The average molecular weight is 317 g/mol. The number of benzene rings is 2. The normalized spacial score (nSPS) is 10.3. The molecule has 0 aliphatic heterocycles. The van der Waals surface area contributed by atoms with Gasteiger partial charge < -0.3 is 24.6 Å². The molecule has 2 N–H and O–H groups in total. The topological polar surface area (TPSA) is 60.0 Å². The van der Waals surface area contributed by atoms with Gasteiger partial charge in [-0.1, -0.05) is 24.3 Å².